The van der Waals surface area contributed by atoms with Crippen LogP contribution in [0, 0.1) is 5.92 Å². The molecule has 5 atom stereocenters. The van der Waals surface area contributed by atoms with E-state index < -0.39 is 0 Å². The molecule has 0 saturated carbocycles. The number of benzene rings is 4. The van der Waals surface area contributed by atoms with Gasteiger partial charge in [-0.15, -0.1) is 0 Å². The van der Waals surface area contributed by atoms with E-state index in [1.807, 2.05) is 12.1 Å². The third-order valence-corrected chi connectivity index (χ3v) is 9.03. The minimum atomic E-state index is 0.265. The van der Waals surface area contributed by atoms with Gasteiger partial charge in [0, 0.05) is 33.4 Å². The lowest BCUT2D eigenvalue weighted by Crippen LogP contribution is -2.45. The van der Waals surface area contributed by atoms with E-state index in [2.05, 4.69) is 101 Å². The summed E-state index contributed by atoms with van der Waals surface area (Å²) in [6.45, 7) is 0. The molecule has 0 spiro atoms. The van der Waals surface area contributed by atoms with Gasteiger partial charge in [0.05, 0.1) is 18.1 Å². The molecule has 0 aromatic heterocycles. The van der Waals surface area contributed by atoms with E-state index in [9.17, 15) is 0 Å². The molecule has 3 aliphatic heterocycles. The van der Waals surface area contributed by atoms with Crippen molar-refractivity contribution in [3.05, 3.63) is 130 Å². The van der Waals surface area contributed by atoms with Crippen molar-refractivity contribution < 1.29 is 0 Å². The summed E-state index contributed by atoms with van der Waals surface area (Å²) in [5, 5.41) is 1.58. The average Bonchev–Trinajstić information content (AvgIpc) is 3.53. The minimum absolute atomic E-state index is 0.265. The summed E-state index contributed by atoms with van der Waals surface area (Å²) in [7, 11) is 0. The molecule has 2 nitrogen and oxygen atoms in total. The SMILES string of the molecule is Clc1ccc(N2[C@@H]3c4cc(Cl)ccc4N4[C@@H](c5ccccc5)CC[C@@H]4[C@@H]3C[C@H]2c2ccccc2)cc1. The van der Waals surface area contributed by atoms with E-state index in [4.69, 9.17) is 23.2 Å². The maximum absolute atomic E-state index is 6.68. The second kappa shape index (κ2) is 8.87. The highest BCUT2D eigenvalue weighted by Crippen LogP contribution is 2.61. The average molecular weight is 511 g/mol. The Balaban J connectivity index is 1.40. The van der Waals surface area contributed by atoms with Crippen molar-refractivity contribution in [2.45, 2.75) is 43.4 Å². The van der Waals surface area contributed by atoms with Gasteiger partial charge < -0.3 is 9.80 Å². The van der Waals surface area contributed by atoms with Crippen molar-refractivity contribution in [1.29, 1.82) is 0 Å². The molecule has 0 bridgehead atoms. The first-order chi connectivity index (χ1) is 17.7. The molecule has 3 heterocycles. The molecule has 180 valence electrons. The zero-order chi connectivity index (χ0) is 24.2. The number of hydrogen-bond donors (Lipinski definition) is 0. The molecule has 0 aliphatic carbocycles. The van der Waals surface area contributed by atoms with Gasteiger partial charge in [-0.25, -0.2) is 0 Å². The summed E-state index contributed by atoms with van der Waals surface area (Å²) >= 11 is 13.0. The standard InChI is InChI=1S/C32H28Cl2N2/c33-23-11-14-25(15-12-23)35-31(22-9-5-2-6-10-22)20-27-30-18-17-28(21-7-3-1-4-8-21)36(30)29-16-13-24(34)19-26(29)32(27)35/h1-16,19,27-28,30-32H,17-18,20H2/t27-,28+,30+,31-,32+/m0/s1. The van der Waals surface area contributed by atoms with Gasteiger partial charge >= 0.3 is 0 Å². The Morgan fingerprint density at radius 3 is 1.94 bits per heavy atom. The van der Waals surface area contributed by atoms with Crippen LogP contribution in [-0.4, -0.2) is 6.04 Å². The summed E-state index contributed by atoms with van der Waals surface area (Å²) in [5.41, 5.74) is 6.68. The Morgan fingerprint density at radius 1 is 0.611 bits per heavy atom. The second-order valence-corrected chi connectivity index (χ2v) is 11.2. The minimum Gasteiger partial charge on any atom is -0.361 e. The van der Waals surface area contributed by atoms with E-state index in [-0.39, 0.29) is 6.04 Å². The zero-order valence-electron chi connectivity index (χ0n) is 20.0. The molecule has 7 rings (SSSR count). The van der Waals surface area contributed by atoms with Crippen LogP contribution in [-0.2, 0) is 0 Å². The van der Waals surface area contributed by atoms with Gasteiger partial charge in [-0.3, -0.25) is 0 Å². The van der Waals surface area contributed by atoms with Gasteiger partial charge in [0.15, 0.2) is 0 Å². The van der Waals surface area contributed by atoms with Crippen LogP contribution < -0.4 is 9.80 Å². The first kappa shape index (κ1) is 22.3. The molecule has 4 heteroatoms. The van der Waals surface area contributed by atoms with Crippen LogP contribution in [0.5, 0.6) is 0 Å². The molecule has 0 radical (unpaired) electrons. The van der Waals surface area contributed by atoms with E-state index in [0.717, 1.165) is 16.5 Å². The van der Waals surface area contributed by atoms with Gasteiger partial charge in [-0.1, -0.05) is 83.9 Å². The van der Waals surface area contributed by atoms with Crippen molar-refractivity contribution in [3.63, 3.8) is 0 Å². The molecule has 4 aromatic rings. The Labute approximate surface area is 223 Å². The first-order valence-corrected chi connectivity index (χ1v) is 13.7. The van der Waals surface area contributed by atoms with Gasteiger partial charge in [-0.2, -0.15) is 0 Å². The summed E-state index contributed by atoms with van der Waals surface area (Å²) in [6.07, 6.45) is 3.50. The lowest BCUT2D eigenvalue weighted by Gasteiger charge is -2.46. The molecule has 36 heavy (non-hydrogen) atoms. The van der Waals surface area contributed by atoms with Crippen molar-refractivity contribution in [2.24, 2.45) is 5.92 Å². The van der Waals surface area contributed by atoms with Crippen LogP contribution >= 0.6 is 23.2 Å². The van der Waals surface area contributed by atoms with Gasteiger partial charge in [0.2, 0.25) is 0 Å². The van der Waals surface area contributed by atoms with Gasteiger partial charge in [0.1, 0.15) is 0 Å². The lowest BCUT2D eigenvalue weighted by molar-refractivity contribution is 0.366. The third-order valence-electron chi connectivity index (χ3n) is 8.54. The van der Waals surface area contributed by atoms with Gasteiger partial charge in [-0.05, 0) is 78.4 Å². The number of nitrogens with zero attached hydrogens (tertiary/aromatic N) is 2. The maximum Gasteiger partial charge on any atom is 0.0618 e. The molecule has 0 unspecified atom stereocenters. The molecule has 2 saturated heterocycles. The molecule has 3 aliphatic rings. The van der Waals surface area contributed by atoms with Crippen molar-refractivity contribution >= 4 is 34.6 Å². The smallest absolute Gasteiger partial charge is 0.0618 e. The number of fused-ring (bicyclic) bond motifs is 6. The van der Waals surface area contributed by atoms with E-state index in [1.165, 1.54) is 40.9 Å². The van der Waals surface area contributed by atoms with Crippen LogP contribution in [0.2, 0.25) is 10.0 Å². The van der Waals surface area contributed by atoms with E-state index in [1.54, 1.807) is 0 Å². The van der Waals surface area contributed by atoms with E-state index >= 15 is 0 Å². The Morgan fingerprint density at radius 2 is 1.25 bits per heavy atom. The summed E-state index contributed by atoms with van der Waals surface area (Å²) in [4.78, 5) is 5.38. The van der Waals surface area contributed by atoms with Crippen LogP contribution in [0.25, 0.3) is 0 Å². The number of hydrogen-bond acceptors (Lipinski definition) is 2. The van der Waals surface area contributed by atoms with Crippen molar-refractivity contribution in [3.8, 4) is 0 Å². The summed E-state index contributed by atoms with van der Waals surface area (Å²) in [6, 6.07) is 38.4. The molecular weight excluding hydrogens is 483 g/mol. The Kier molecular flexibility index (Phi) is 5.49. The van der Waals surface area contributed by atoms with Gasteiger partial charge in [0.25, 0.3) is 0 Å². The monoisotopic (exact) mass is 510 g/mol. The van der Waals surface area contributed by atoms with Crippen LogP contribution in [0.1, 0.15) is 54.1 Å². The number of halogens is 2. The topological polar surface area (TPSA) is 6.48 Å². The fourth-order valence-corrected chi connectivity index (χ4v) is 7.49. The first-order valence-electron chi connectivity index (χ1n) is 12.9. The quantitative estimate of drug-likeness (QED) is 0.271. The molecule has 0 amide bonds. The molecule has 0 N–H and O–H groups in total. The molecule has 4 aromatic carbocycles. The lowest BCUT2D eigenvalue weighted by atomic mass is 9.81. The molecule has 2 fully saturated rings. The highest BCUT2D eigenvalue weighted by Gasteiger charge is 2.54. The highest BCUT2D eigenvalue weighted by molar-refractivity contribution is 6.31. The fourth-order valence-electron chi connectivity index (χ4n) is 7.18. The fraction of sp³-hybridized carbons (Fsp3) is 0.250. The van der Waals surface area contributed by atoms with Crippen LogP contribution in [0.15, 0.2) is 103 Å². The van der Waals surface area contributed by atoms with Crippen LogP contribution in [0.4, 0.5) is 11.4 Å². The predicted octanol–water partition coefficient (Wildman–Crippen LogP) is 9.03. The third kappa shape index (κ3) is 3.54. The van der Waals surface area contributed by atoms with E-state index in [0.29, 0.717) is 24.0 Å². The Hall–Kier alpha value is -2.94. The largest absolute Gasteiger partial charge is 0.361 e. The Bertz CT molecular complexity index is 1370. The number of rotatable bonds is 3. The zero-order valence-corrected chi connectivity index (χ0v) is 21.5. The maximum atomic E-state index is 6.68. The highest BCUT2D eigenvalue weighted by atomic mass is 35.5. The summed E-state index contributed by atoms with van der Waals surface area (Å²) in [5.74, 6) is 0.505. The second-order valence-electron chi connectivity index (χ2n) is 10.3. The van der Waals surface area contributed by atoms with Crippen molar-refractivity contribution in [1.82, 2.24) is 0 Å². The molecular formula is C32H28Cl2N2. The number of anilines is 2. The summed E-state index contributed by atoms with van der Waals surface area (Å²) < 4.78 is 0. The predicted molar refractivity (Wildman–Crippen MR) is 150 cm³/mol. The normalized spacial score (nSPS) is 26.4. The van der Waals surface area contributed by atoms with Crippen LogP contribution in [0.3, 0.4) is 0 Å². The van der Waals surface area contributed by atoms with Crippen molar-refractivity contribution in [2.75, 3.05) is 9.80 Å².